The molecule has 0 bridgehead atoms. The van der Waals surface area contributed by atoms with E-state index in [2.05, 4.69) is 0 Å². The van der Waals surface area contributed by atoms with Crippen molar-refractivity contribution in [1.82, 2.24) is 0 Å². The molecule has 0 saturated heterocycles. The first-order valence-electron chi connectivity index (χ1n) is 4.71. The standard InChI is InChI=1S/C10H9F6NO/c11-7-5(8(17)9(12,13)4-18)2-1-3-6(7)10(14,15)16/h1-3,8,18H,4,17H2/t8-/m1/s1. The first kappa shape index (κ1) is 14.8. The maximum absolute atomic E-state index is 13.5. The highest BCUT2D eigenvalue weighted by atomic mass is 19.4. The summed E-state index contributed by atoms with van der Waals surface area (Å²) in [5.41, 5.74) is 2.31. The summed E-state index contributed by atoms with van der Waals surface area (Å²) in [6, 6.07) is -0.444. The molecule has 1 atom stereocenters. The molecule has 1 rings (SSSR count). The second-order valence-electron chi connectivity index (χ2n) is 3.60. The Bertz CT molecular complexity index is 431. The van der Waals surface area contributed by atoms with Crippen LogP contribution in [0, 0.1) is 5.82 Å². The normalized spacial score (nSPS) is 14.7. The van der Waals surface area contributed by atoms with E-state index in [0.29, 0.717) is 6.07 Å². The molecular formula is C10H9F6NO. The van der Waals surface area contributed by atoms with Gasteiger partial charge in [0.15, 0.2) is 0 Å². The van der Waals surface area contributed by atoms with Gasteiger partial charge in [-0.2, -0.15) is 13.2 Å². The van der Waals surface area contributed by atoms with E-state index >= 15 is 0 Å². The predicted molar refractivity (Wildman–Crippen MR) is 50.4 cm³/mol. The van der Waals surface area contributed by atoms with Crippen LogP contribution in [-0.2, 0) is 6.18 Å². The molecule has 0 aromatic heterocycles. The molecule has 0 heterocycles. The zero-order valence-corrected chi connectivity index (χ0v) is 8.81. The first-order valence-corrected chi connectivity index (χ1v) is 4.71. The molecule has 3 N–H and O–H groups in total. The minimum Gasteiger partial charge on any atom is -0.390 e. The summed E-state index contributed by atoms with van der Waals surface area (Å²) >= 11 is 0. The van der Waals surface area contributed by atoms with Crippen LogP contribution in [0.4, 0.5) is 26.3 Å². The first-order chi connectivity index (χ1) is 8.11. The number of alkyl halides is 5. The van der Waals surface area contributed by atoms with Gasteiger partial charge in [0, 0.05) is 5.56 Å². The monoisotopic (exact) mass is 273 g/mol. The van der Waals surface area contributed by atoms with Crippen molar-refractivity contribution in [2.75, 3.05) is 6.61 Å². The molecule has 18 heavy (non-hydrogen) atoms. The SMILES string of the molecule is N[C@H](c1cccc(C(F)(F)F)c1F)C(F)(F)CO. The molecule has 0 spiro atoms. The Morgan fingerprint density at radius 1 is 1.17 bits per heavy atom. The van der Waals surface area contributed by atoms with E-state index in [-0.39, 0.29) is 0 Å². The number of rotatable bonds is 3. The highest BCUT2D eigenvalue weighted by Crippen LogP contribution is 2.36. The van der Waals surface area contributed by atoms with Gasteiger partial charge in [-0.25, -0.2) is 13.2 Å². The van der Waals surface area contributed by atoms with Gasteiger partial charge in [0.2, 0.25) is 0 Å². The Balaban J connectivity index is 3.28. The van der Waals surface area contributed by atoms with Crippen molar-refractivity contribution >= 4 is 0 Å². The fraction of sp³-hybridized carbons (Fsp3) is 0.400. The van der Waals surface area contributed by atoms with Crippen LogP contribution in [0.1, 0.15) is 17.2 Å². The Morgan fingerprint density at radius 2 is 1.72 bits per heavy atom. The quantitative estimate of drug-likeness (QED) is 0.831. The summed E-state index contributed by atoms with van der Waals surface area (Å²) < 4.78 is 76.6. The van der Waals surface area contributed by atoms with Gasteiger partial charge in [0.05, 0.1) is 11.6 Å². The lowest BCUT2D eigenvalue weighted by Gasteiger charge is -2.23. The van der Waals surface area contributed by atoms with E-state index < -0.39 is 41.7 Å². The molecule has 0 amide bonds. The molecule has 0 aliphatic rings. The second kappa shape index (κ2) is 4.77. The van der Waals surface area contributed by atoms with E-state index in [0.717, 1.165) is 12.1 Å². The lowest BCUT2D eigenvalue weighted by Crippen LogP contribution is -2.37. The molecule has 0 aliphatic carbocycles. The van der Waals surface area contributed by atoms with Crippen LogP contribution >= 0.6 is 0 Å². The van der Waals surface area contributed by atoms with Crippen LogP contribution in [0.5, 0.6) is 0 Å². The summed E-state index contributed by atoms with van der Waals surface area (Å²) in [5.74, 6) is -5.77. The van der Waals surface area contributed by atoms with Crippen LogP contribution in [0.15, 0.2) is 18.2 Å². The summed E-state index contributed by atoms with van der Waals surface area (Å²) in [4.78, 5) is 0. The van der Waals surface area contributed by atoms with Gasteiger partial charge >= 0.3 is 6.18 Å². The number of hydrogen-bond donors (Lipinski definition) is 2. The van der Waals surface area contributed by atoms with Gasteiger partial charge in [-0.3, -0.25) is 0 Å². The zero-order chi connectivity index (χ0) is 14.1. The van der Waals surface area contributed by atoms with Gasteiger partial charge in [-0.05, 0) is 6.07 Å². The van der Waals surface area contributed by atoms with Crippen LogP contribution in [0.3, 0.4) is 0 Å². The number of aliphatic hydroxyl groups is 1. The molecule has 8 heteroatoms. The summed E-state index contributed by atoms with van der Waals surface area (Å²) in [6.45, 7) is -1.69. The van der Waals surface area contributed by atoms with Gasteiger partial charge < -0.3 is 10.8 Å². The third-order valence-corrected chi connectivity index (χ3v) is 2.33. The van der Waals surface area contributed by atoms with Crippen LogP contribution in [-0.4, -0.2) is 17.6 Å². The van der Waals surface area contributed by atoms with Crippen molar-refractivity contribution < 1.29 is 31.4 Å². The largest absolute Gasteiger partial charge is 0.419 e. The van der Waals surface area contributed by atoms with Crippen molar-refractivity contribution in [3.63, 3.8) is 0 Å². The molecule has 0 radical (unpaired) electrons. The molecule has 1 aromatic carbocycles. The van der Waals surface area contributed by atoms with E-state index in [1.807, 2.05) is 0 Å². The third kappa shape index (κ3) is 2.75. The average Bonchev–Trinajstić information content (AvgIpc) is 2.27. The van der Waals surface area contributed by atoms with Crippen LogP contribution in [0.2, 0.25) is 0 Å². The van der Waals surface area contributed by atoms with Crippen molar-refractivity contribution in [2.24, 2.45) is 5.73 Å². The predicted octanol–water partition coefficient (Wildman–Crippen LogP) is 2.47. The highest BCUT2D eigenvalue weighted by Gasteiger charge is 2.41. The maximum atomic E-state index is 13.5. The lowest BCUT2D eigenvalue weighted by atomic mass is 9.98. The van der Waals surface area contributed by atoms with E-state index in [1.165, 1.54) is 0 Å². The minimum absolute atomic E-state index is 0.419. The minimum atomic E-state index is -5.01. The fourth-order valence-corrected chi connectivity index (χ4v) is 1.33. The topological polar surface area (TPSA) is 46.2 Å². The Kier molecular flexibility index (Phi) is 3.92. The van der Waals surface area contributed by atoms with Crippen molar-refractivity contribution in [2.45, 2.75) is 18.1 Å². The van der Waals surface area contributed by atoms with Gasteiger partial charge in [0.1, 0.15) is 12.4 Å². The van der Waals surface area contributed by atoms with Crippen molar-refractivity contribution in [3.05, 3.63) is 35.1 Å². The Morgan fingerprint density at radius 3 is 2.17 bits per heavy atom. The molecule has 2 nitrogen and oxygen atoms in total. The zero-order valence-electron chi connectivity index (χ0n) is 8.81. The number of hydrogen-bond acceptors (Lipinski definition) is 2. The average molecular weight is 273 g/mol. The van der Waals surface area contributed by atoms with Crippen molar-refractivity contribution in [3.8, 4) is 0 Å². The van der Waals surface area contributed by atoms with Gasteiger partial charge in [-0.15, -0.1) is 0 Å². The smallest absolute Gasteiger partial charge is 0.390 e. The molecule has 0 fully saturated rings. The third-order valence-electron chi connectivity index (χ3n) is 2.33. The maximum Gasteiger partial charge on any atom is 0.419 e. The van der Waals surface area contributed by atoms with E-state index in [9.17, 15) is 26.3 Å². The van der Waals surface area contributed by atoms with E-state index in [1.54, 1.807) is 0 Å². The molecule has 0 unspecified atom stereocenters. The Hall–Kier alpha value is -1.28. The molecule has 0 aliphatic heterocycles. The molecular weight excluding hydrogens is 264 g/mol. The number of nitrogens with two attached hydrogens (primary N) is 1. The molecule has 0 saturated carbocycles. The second-order valence-corrected chi connectivity index (χ2v) is 3.60. The van der Waals surface area contributed by atoms with E-state index in [4.69, 9.17) is 10.8 Å². The number of benzene rings is 1. The summed E-state index contributed by atoms with van der Waals surface area (Å²) in [6.07, 6.45) is -5.01. The molecule has 102 valence electrons. The van der Waals surface area contributed by atoms with Crippen LogP contribution in [0.25, 0.3) is 0 Å². The molecule has 1 aromatic rings. The highest BCUT2D eigenvalue weighted by molar-refractivity contribution is 5.31. The van der Waals surface area contributed by atoms with Crippen LogP contribution < -0.4 is 5.73 Å². The lowest BCUT2D eigenvalue weighted by molar-refractivity contribution is -0.140. The van der Waals surface area contributed by atoms with Gasteiger partial charge in [0.25, 0.3) is 5.92 Å². The number of halogens is 6. The Labute approximate surface area is 98.0 Å². The fourth-order valence-electron chi connectivity index (χ4n) is 1.33. The summed E-state index contributed by atoms with van der Waals surface area (Å²) in [7, 11) is 0. The van der Waals surface area contributed by atoms with Crippen molar-refractivity contribution in [1.29, 1.82) is 0 Å². The number of aliphatic hydroxyl groups excluding tert-OH is 1. The summed E-state index contributed by atoms with van der Waals surface area (Å²) in [5, 5.41) is 8.37. The van der Waals surface area contributed by atoms with Gasteiger partial charge in [-0.1, -0.05) is 12.1 Å².